The van der Waals surface area contributed by atoms with Crippen molar-refractivity contribution in [2.24, 2.45) is 0 Å². The second-order valence-corrected chi connectivity index (χ2v) is 9.53. The van der Waals surface area contributed by atoms with Crippen molar-refractivity contribution in [1.82, 2.24) is 19.4 Å². The van der Waals surface area contributed by atoms with Crippen molar-refractivity contribution in [3.05, 3.63) is 41.6 Å². The summed E-state index contributed by atoms with van der Waals surface area (Å²) in [6, 6.07) is 7.22. The first-order chi connectivity index (χ1) is 12.8. The summed E-state index contributed by atoms with van der Waals surface area (Å²) in [7, 11) is -3.45. The number of nitrogens with zero attached hydrogens (tertiary/aromatic N) is 4. The van der Waals surface area contributed by atoms with Crippen LogP contribution < -0.4 is 0 Å². The van der Waals surface area contributed by atoms with Crippen LogP contribution in [0, 0.1) is 0 Å². The first-order valence-corrected chi connectivity index (χ1v) is 10.9. The molecule has 0 spiro atoms. The quantitative estimate of drug-likeness (QED) is 0.752. The summed E-state index contributed by atoms with van der Waals surface area (Å²) in [6.45, 7) is 11.0. The highest BCUT2D eigenvalue weighted by Gasteiger charge is 2.29. The van der Waals surface area contributed by atoms with E-state index in [1.54, 1.807) is 16.4 Å². The third kappa shape index (κ3) is 4.56. The second kappa shape index (κ2) is 8.08. The highest BCUT2D eigenvalue weighted by atomic mass is 32.2. The summed E-state index contributed by atoms with van der Waals surface area (Å²) in [5.74, 6) is 1.80. The first kappa shape index (κ1) is 20.0. The number of aromatic nitrogens is 2. The lowest BCUT2D eigenvalue weighted by molar-refractivity contribution is 0.167. The molecule has 1 aromatic carbocycles. The fourth-order valence-electron chi connectivity index (χ4n) is 3.06. The molecule has 2 heterocycles. The minimum absolute atomic E-state index is 0.204. The van der Waals surface area contributed by atoms with Crippen molar-refractivity contribution in [2.75, 3.05) is 26.2 Å². The van der Waals surface area contributed by atoms with E-state index >= 15 is 0 Å². The van der Waals surface area contributed by atoms with Gasteiger partial charge in [-0.05, 0) is 23.6 Å². The fourth-order valence-corrected chi connectivity index (χ4v) is 4.48. The minimum Gasteiger partial charge on any atom is -0.424 e. The largest absolute Gasteiger partial charge is 0.424 e. The molecule has 7 nitrogen and oxygen atoms in total. The maximum Gasteiger partial charge on any atom is 0.243 e. The molecule has 0 atom stereocenters. The van der Waals surface area contributed by atoms with Crippen LogP contribution in [-0.2, 0) is 16.6 Å². The van der Waals surface area contributed by atoms with Gasteiger partial charge >= 0.3 is 0 Å². The van der Waals surface area contributed by atoms with Gasteiger partial charge in [-0.25, -0.2) is 8.42 Å². The molecule has 0 saturated carbocycles. The van der Waals surface area contributed by atoms with Gasteiger partial charge in [0.05, 0.1) is 11.4 Å². The Hall–Kier alpha value is -1.77. The number of hydrogen-bond donors (Lipinski definition) is 0. The maximum absolute atomic E-state index is 12.9. The molecule has 1 aromatic heterocycles. The summed E-state index contributed by atoms with van der Waals surface area (Å²) < 4.78 is 33.0. The first-order valence-electron chi connectivity index (χ1n) is 9.42. The summed E-state index contributed by atoms with van der Waals surface area (Å²) in [5, 5.41) is 8.12. The number of sulfonamides is 1. The van der Waals surface area contributed by atoms with E-state index in [1.807, 2.05) is 26.0 Å². The van der Waals surface area contributed by atoms with E-state index < -0.39 is 10.0 Å². The van der Waals surface area contributed by atoms with Crippen molar-refractivity contribution >= 4 is 10.0 Å². The van der Waals surface area contributed by atoms with Gasteiger partial charge in [-0.15, -0.1) is 10.2 Å². The summed E-state index contributed by atoms with van der Waals surface area (Å²) in [6.07, 6.45) is 0. The summed E-state index contributed by atoms with van der Waals surface area (Å²) >= 11 is 0. The zero-order chi connectivity index (χ0) is 19.6. The van der Waals surface area contributed by atoms with Gasteiger partial charge < -0.3 is 4.42 Å². The number of piperazine rings is 1. The molecule has 0 aliphatic carbocycles. The average molecular weight is 393 g/mol. The summed E-state index contributed by atoms with van der Waals surface area (Å²) in [4.78, 5) is 2.50. The van der Waals surface area contributed by atoms with Crippen LogP contribution in [0.1, 0.15) is 56.9 Å². The molecule has 27 heavy (non-hydrogen) atoms. The van der Waals surface area contributed by atoms with Gasteiger partial charge in [0.1, 0.15) is 0 Å². The SMILES string of the molecule is CC(C)c1ccc(S(=O)(=O)N2CCN(Cc3nnc(C(C)C)o3)CC2)cc1. The van der Waals surface area contributed by atoms with Crippen LogP contribution in [0.4, 0.5) is 0 Å². The molecule has 1 aliphatic rings. The lowest BCUT2D eigenvalue weighted by Crippen LogP contribution is -2.48. The van der Waals surface area contributed by atoms with Crippen molar-refractivity contribution in [3.8, 4) is 0 Å². The van der Waals surface area contributed by atoms with Crippen molar-refractivity contribution in [3.63, 3.8) is 0 Å². The summed E-state index contributed by atoms with van der Waals surface area (Å²) in [5.41, 5.74) is 1.14. The molecule has 1 saturated heterocycles. The van der Waals surface area contributed by atoms with Gasteiger partial charge in [0, 0.05) is 32.1 Å². The van der Waals surface area contributed by atoms with Crippen LogP contribution in [0.15, 0.2) is 33.6 Å². The minimum atomic E-state index is -3.45. The van der Waals surface area contributed by atoms with Gasteiger partial charge in [-0.2, -0.15) is 4.31 Å². The van der Waals surface area contributed by atoms with Crippen molar-refractivity contribution < 1.29 is 12.8 Å². The Morgan fingerprint density at radius 1 is 0.963 bits per heavy atom. The lowest BCUT2D eigenvalue weighted by Gasteiger charge is -2.33. The van der Waals surface area contributed by atoms with Crippen LogP contribution in [0.25, 0.3) is 0 Å². The van der Waals surface area contributed by atoms with Gasteiger partial charge in [0.15, 0.2) is 0 Å². The fraction of sp³-hybridized carbons (Fsp3) is 0.579. The standard InChI is InChI=1S/C19H28N4O3S/c1-14(2)16-5-7-17(8-6-16)27(24,25)23-11-9-22(10-12-23)13-18-20-21-19(26-18)15(3)4/h5-8,14-15H,9-13H2,1-4H3. The molecule has 3 rings (SSSR count). The van der Waals surface area contributed by atoms with E-state index in [4.69, 9.17) is 4.42 Å². The Morgan fingerprint density at radius 2 is 1.59 bits per heavy atom. The topological polar surface area (TPSA) is 79.5 Å². The Morgan fingerprint density at radius 3 is 2.11 bits per heavy atom. The molecule has 148 valence electrons. The molecular weight excluding hydrogens is 364 g/mol. The van der Waals surface area contributed by atoms with Gasteiger partial charge in [-0.3, -0.25) is 4.90 Å². The molecule has 0 amide bonds. The van der Waals surface area contributed by atoms with E-state index in [-0.39, 0.29) is 5.92 Å². The Balaban J connectivity index is 1.60. The molecular formula is C19H28N4O3S. The van der Waals surface area contributed by atoms with Crippen LogP contribution in [0.5, 0.6) is 0 Å². The van der Waals surface area contributed by atoms with E-state index in [1.165, 1.54) is 0 Å². The predicted molar refractivity (Wildman–Crippen MR) is 103 cm³/mol. The lowest BCUT2D eigenvalue weighted by atomic mass is 10.0. The average Bonchev–Trinajstić information content (AvgIpc) is 3.11. The monoisotopic (exact) mass is 392 g/mol. The number of hydrogen-bond acceptors (Lipinski definition) is 6. The molecule has 1 fully saturated rings. The molecule has 1 aliphatic heterocycles. The van der Waals surface area contributed by atoms with E-state index in [0.717, 1.165) is 5.56 Å². The number of benzene rings is 1. The molecule has 0 N–H and O–H groups in total. The Kier molecular flexibility index (Phi) is 5.98. The van der Waals surface area contributed by atoms with Gasteiger partial charge in [-0.1, -0.05) is 39.8 Å². The van der Waals surface area contributed by atoms with Crippen LogP contribution in [0.3, 0.4) is 0 Å². The van der Waals surface area contributed by atoms with Gasteiger partial charge in [0.25, 0.3) is 0 Å². The molecule has 2 aromatic rings. The zero-order valence-corrected chi connectivity index (χ0v) is 17.2. The molecule has 8 heteroatoms. The molecule has 0 unspecified atom stereocenters. The Bertz CT molecular complexity index is 851. The third-order valence-corrected chi connectivity index (χ3v) is 6.76. The zero-order valence-electron chi connectivity index (χ0n) is 16.4. The Labute approximate surface area is 161 Å². The van der Waals surface area contributed by atoms with Crippen molar-refractivity contribution in [2.45, 2.75) is 51.0 Å². The molecule has 0 radical (unpaired) electrons. The molecule has 0 bridgehead atoms. The highest BCUT2D eigenvalue weighted by molar-refractivity contribution is 7.89. The van der Waals surface area contributed by atoms with E-state index in [0.29, 0.717) is 55.3 Å². The van der Waals surface area contributed by atoms with Crippen LogP contribution >= 0.6 is 0 Å². The van der Waals surface area contributed by atoms with Crippen LogP contribution in [0.2, 0.25) is 0 Å². The highest BCUT2D eigenvalue weighted by Crippen LogP contribution is 2.22. The van der Waals surface area contributed by atoms with E-state index in [9.17, 15) is 8.42 Å². The second-order valence-electron chi connectivity index (χ2n) is 7.59. The maximum atomic E-state index is 12.9. The smallest absolute Gasteiger partial charge is 0.243 e. The normalized spacial score (nSPS) is 17.1. The third-order valence-electron chi connectivity index (χ3n) is 4.85. The van der Waals surface area contributed by atoms with Crippen molar-refractivity contribution in [1.29, 1.82) is 0 Å². The number of rotatable bonds is 6. The van der Waals surface area contributed by atoms with E-state index in [2.05, 4.69) is 28.9 Å². The van der Waals surface area contributed by atoms with Crippen LogP contribution in [-0.4, -0.2) is 54.0 Å². The van der Waals surface area contributed by atoms with Gasteiger partial charge in [0.2, 0.25) is 21.8 Å². The predicted octanol–water partition coefficient (Wildman–Crippen LogP) is 2.82.